The molecule has 0 fully saturated rings. The van der Waals surface area contributed by atoms with Gasteiger partial charge in [0.1, 0.15) is 4.88 Å². The van der Waals surface area contributed by atoms with E-state index >= 15 is 0 Å². The Bertz CT molecular complexity index is 781. The van der Waals surface area contributed by atoms with Gasteiger partial charge < -0.3 is 10.2 Å². The lowest BCUT2D eigenvalue weighted by molar-refractivity contribution is -0.114. The van der Waals surface area contributed by atoms with E-state index in [-0.39, 0.29) is 17.7 Å². The van der Waals surface area contributed by atoms with Crippen LogP contribution in [0.5, 0.6) is 0 Å². The van der Waals surface area contributed by atoms with E-state index in [2.05, 4.69) is 15.6 Å². The Balaban J connectivity index is 2.11. The van der Waals surface area contributed by atoms with Crippen LogP contribution in [0.3, 0.4) is 0 Å². The predicted octanol–water partition coefficient (Wildman–Crippen LogP) is 2.36. The molecule has 0 aliphatic rings. The molecule has 0 spiro atoms. The molecular weight excluding hydrogens is 328 g/mol. The topological polar surface area (TPSA) is 91.4 Å². The zero-order valence-corrected chi connectivity index (χ0v) is 14.7. The fraction of sp³-hybridized carbons (Fsp3) is 0.250. The first-order chi connectivity index (χ1) is 11.3. The minimum absolute atomic E-state index is 0.148. The Kier molecular flexibility index (Phi) is 5.30. The number of nitrogens with one attached hydrogen (secondary N) is 2. The molecule has 0 aliphatic carbocycles. The lowest BCUT2D eigenvalue weighted by Gasteiger charge is -2.07. The maximum atomic E-state index is 12.2. The van der Waals surface area contributed by atoms with Gasteiger partial charge in [0.2, 0.25) is 5.91 Å². The summed E-state index contributed by atoms with van der Waals surface area (Å²) in [6.45, 7) is 3.14. The smallest absolute Gasteiger partial charge is 0.265 e. The molecule has 0 radical (unpaired) electrons. The highest BCUT2D eigenvalue weighted by atomic mass is 32.1. The van der Waals surface area contributed by atoms with Crippen molar-refractivity contribution in [1.29, 1.82) is 0 Å². The number of rotatable bonds is 4. The normalized spacial score (nSPS) is 10.2. The highest BCUT2D eigenvalue weighted by Gasteiger charge is 2.18. The van der Waals surface area contributed by atoms with E-state index in [1.807, 2.05) is 0 Å². The molecule has 8 heteroatoms. The van der Waals surface area contributed by atoms with Crippen LogP contribution in [0.15, 0.2) is 24.3 Å². The predicted molar refractivity (Wildman–Crippen MR) is 93.6 cm³/mol. The number of carbonyl (C=O) groups excluding carboxylic acids is 3. The highest BCUT2D eigenvalue weighted by Crippen LogP contribution is 2.24. The van der Waals surface area contributed by atoms with Gasteiger partial charge in [-0.05, 0) is 31.2 Å². The minimum atomic E-state index is -0.332. The zero-order valence-electron chi connectivity index (χ0n) is 13.8. The molecule has 2 rings (SSSR count). The van der Waals surface area contributed by atoms with Gasteiger partial charge in [-0.2, -0.15) is 0 Å². The van der Waals surface area contributed by atoms with E-state index in [1.165, 1.54) is 11.8 Å². The Hall–Kier alpha value is -2.74. The fourth-order valence-electron chi connectivity index (χ4n) is 1.93. The standard InChI is InChI=1S/C16H18N4O3S/c1-9-13(15(23)20(3)4)24-16(17-9)19-14(22)11-5-7-12(8-6-11)18-10(2)21/h5-8H,1-4H3,(H,18,21)(H,17,19,22). The van der Waals surface area contributed by atoms with E-state index in [9.17, 15) is 14.4 Å². The summed E-state index contributed by atoms with van der Waals surface area (Å²) in [6, 6.07) is 6.49. The summed E-state index contributed by atoms with van der Waals surface area (Å²) in [4.78, 5) is 41.4. The van der Waals surface area contributed by atoms with Gasteiger partial charge in [-0.1, -0.05) is 11.3 Å². The molecule has 2 aromatic rings. The number of hydrogen-bond donors (Lipinski definition) is 2. The maximum Gasteiger partial charge on any atom is 0.265 e. The third-order valence-electron chi connectivity index (χ3n) is 3.08. The summed E-state index contributed by atoms with van der Waals surface area (Å²) in [6.07, 6.45) is 0. The molecule has 3 amide bonds. The fourth-order valence-corrected chi connectivity index (χ4v) is 2.91. The molecule has 1 aromatic heterocycles. The quantitative estimate of drug-likeness (QED) is 0.889. The molecule has 0 atom stereocenters. The Morgan fingerprint density at radius 2 is 1.71 bits per heavy atom. The van der Waals surface area contributed by atoms with Crippen molar-refractivity contribution in [3.63, 3.8) is 0 Å². The summed E-state index contributed by atoms with van der Waals surface area (Å²) in [5.41, 5.74) is 1.62. The monoisotopic (exact) mass is 346 g/mol. The average molecular weight is 346 g/mol. The first-order valence-corrected chi connectivity index (χ1v) is 7.97. The van der Waals surface area contributed by atoms with Gasteiger partial charge in [-0.3, -0.25) is 19.7 Å². The van der Waals surface area contributed by atoms with Gasteiger partial charge in [-0.15, -0.1) is 0 Å². The van der Waals surface area contributed by atoms with Crippen LogP contribution in [-0.2, 0) is 4.79 Å². The third kappa shape index (κ3) is 4.17. The van der Waals surface area contributed by atoms with Crippen molar-refractivity contribution >= 4 is 39.9 Å². The van der Waals surface area contributed by atoms with Gasteiger partial charge in [-0.25, -0.2) is 4.98 Å². The van der Waals surface area contributed by atoms with Crippen LogP contribution in [0.2, 0.25) is 0 Å². The second kappa shape index (κ2) is 7.22. The molecule has 1 aromatic carbocycles. The lowest BCUT2D eigenvalue weighted by Crippen LogP contribution is -2.21. The van der Waals surface area contributed by atoms with E-state index in [0.29, 0.717) is 27.0 Å². The average Bonchev–Trinajstić information content (AvgIpc) is 2.86. The number of anilines is 2. The summed E-state index contributed by atoms with van der Waals surface area (Å²) in [5, 5.41) is 5.68. The van der Waals surface area contributed by atoms with Crippen LogP contribution in [0.1, 0.15) is 32.6 Å². The van der Waals surface area contributed by atoms with Crippen LogP contribution in [-0.4, -0.2) is 41.7 Å². The molecule has 0 saturated carbocycles. The first-order valence-electron chi connectivity index (χ1n) is 7.16. The van der Waals surface area contributed by atoms with E-state index in [4.69, 9.17) is 0 Å². The molecule has 0 saturated heterocycles. The lowest BCUT2D eigenvalue weighted by atomic mass is 10.2. The van der Waals surface area contributed by atoms with Crippen molar-refractivity contribution in [2.24, 2.45) is 0 Å². The zero-order chi connectivity index (χ0) is 17.9. The second-order valence-electron chi connectivity index (χ2n) is 5.35. The number of nitrogens with zero attached hydrogens (tertiary/aromatic N) is 2. The second-order valence-corrected chi connectivity index (χ2v) is 6.34. The third-order valence-corrected chi connectivity index (χ3v) is 4.15. The van der Waals surface area contributed by atoms with Crippen LogP contribution in [0.25, 0.3) is 0 Å². The van der Waals surface area contributed by atoms with Crippen molar-refractivity contribution in [2.45, 2.75) is 13.8 Å². The van der Waals surface area contributed by atoms with Crippen LogP contribution in [0, 0.1) is 6.92 Å². The Labute approximate surface area is 143 Å². The van der Waals surface area contributed by atoms with Crippen molar-refractivity contribution in [1.82, 2.24) is 9.88 Å². The van der Waals surface area contributed by atoms with Gasteiger partial charge >= 0.3 is 0 Å². The van der Waals surface area contributed by atoms with Crippen LogP contribution in [0.4, 0.5) is 10.8 Å². The number of amides is 3. The highest BCUT2D eigenvalue weighted by molar-refractivity contribution is 7.17. The molecule has 126 valence electrons. The van der Waals surface area contributed by atoms with Crippen molar-refractivity contribution in [2.75, 3.05) is 24.7 Å². The summed E-state index contributed by atoms with van der Waals surface area (Å²) < 4.78 is 0. The van der Waals surface area contributed by atoms with Crippen molar-refractivity contribution < 1.29 is 14.4 Å². The first kappa shape index (κ1) is 17.6. The molecular formula is C16H18N4O3S. The molecule has 2 N–H and O–H groups in total. The molecule has 0 bridgehead atoms. The molecule has 0 aliphatic heterocycles. The number of aryl methyl sites for hydroxylation is 1. The molecule has 24 heavy (non-hydrogen) atoms. The Morgan fingerprint density at radius 3 is 2.25 bits per heavy atom. The summed E-state index contributed by atoms with van der Waals surface area (Å²) in [5.74, 6) is -0.657. The van der Waals surface area contributed by atoms with Crippen molar-refractivity contribution in [3.8, 4) is 0 Å². The maximum absolute atomic E-state index is 12.2. The number of carbonyl (C=O) groups is 3. The number of thiazole rings is 1. The number of hydrogen-bond acceptors (Lipinski definition) is 5. The largest absolute Gasteiger partial charge is 0.344 e. The van der Waals surface area contributed by atoms with Crippen molar-refractivity contribution in [3.05, 3.63) is 40.4 Å². The number of aromatic nitrogens is 1. The summed E-state index contributed by atoms with van der Waals surface area (Å²) in [7, 11) is 3.33. The van der Waals surface area contributed by atoms with Gasteiger partial charge in [0.25, 0.3) is 11.8 Å². The minimum Gasteiger partial charge on any atom is -0.344 e. The summed E-state index contributed by atoms with van der Waals surface area (Å²) >= 11 is 1.14. The molecule has 0 unspecified atom stereocenters. The SMILES string of the molecule is CC(=O)Nc1ccc(C(=O)Nc2nc(C)c(C(=O)N(C)C)s2)cc1. The number of benzene rings is 1. The van der Waals surface area contributed by atoms with Crippen LogP contribution < -0.4 is 10.6 Å². The van der Waals surface area contributed by atoms with Crippen LogP contribution >= 0.6 is 11.3 Å². The van der Waals surface area contributed by atoms with Gasteiger partial charge in [0, 0.05) is 32.3 Å². The van der Waals surface area contributed by atoms with E-state index < -0.39 is 0 Å². The van der Waals surface area contributed by atoms with Gasteiger partial charge in [0.05, 0.1) is 5.69 Å². The van der Waals surface area contributed by atoms with Gasteiger partial charge in [0.15, 0.2) is 5.13 Å². The molecule has 1 heterocycles. The Morgan fingerprint density at radius 1 is 1.08 bits per heavy atom. The van der Waals surface area contributed by atoms with E-state index in [1.54, 1.807) is 45.3 Å². The van der Waals surface area contributed by atoms with E-state index in [0.717, 1.165) is 11.3 Å². The molecule has 7 nitrogen and oxygen atoms in total.